The number of methoxy groups -OCH3 is 1. The Hall–Kier alpha value is -1.54. The minimum atomic E-state index is -0.465. The summed E-state index contributed by atoms with van der Waals surface area (Å²) in [6, 6.07) is 3.27. The highest BCUT2D eigenvalue weighted by Crippen LogP contribution is 2.36. The van der Waals surface area contributed by atoms with Gasteiger partial charge in [0.25, 0.3) is 5.91 Å². The minimum Gasteiger partial charge on any atom is -0.489 e. The maximum Gasteiger partial charge on any atom is 0.255 e. The summed E-state index contributed by atoms with van der Waals surface area (Å²) in [4.78, 5) is 15.0. The molecule has 3 rings (SSSR count). The summed E-state index contributed by atoms with van der Waals surface area (Å²) in [5.41, 5.74) is 0.371. The number of piperidine rings is 1. The van der Waals surface area contributed by atoms with Crippen molar-refractivity contribution in [2.75, 3.05) is 53.1 Å². The topological polar surface area (TPSA) is 80.3 Å². The molecule has 0 radical (unpaired) electrons. The SMILES string of the molecule is COCCCN1CC[C@@H](CNC(=O)c2cc(Cl)cc3c2OCCCO3)C(O)C1. The lowest BCUT2D eigenvalue weighted by atomic mass is 9.93. The van der Waals surface area contributed by atoms with E-state index in [9.17, 15) is 9.90 Å². The highest BCUT2D eigenvalue weighted by atomic mass is 35.5. The number of hydrogen-bond donors (Lipinski definition) is 2. The molecule has 1 aromatic rings. The maximum absolute atomic E-state index is 12.8. The first-order chi connectivity index (χ1) is 13.6. The van der Waals surface area contributed by atoms with Crippen LogP contribution in [0.5, 0.6) is 11.5 Å². The molecule has 1 saturated heterocycles. The number of aliphatic hydroxyl groups is 1. The van der Waals surface area contributed by atoms with Gasteiger partial charge < -0.3 is 29.5 Å². The van der Waals surface area contributed by atoms with Crippen LogP contribution in [0.4, 0.5) is 0 Å². The number of fused-ring (bicyclic) bond motifs is 1. The van der Waals surface area contributed by atoms with Crippen molar-refractivity contribution in [2.45, 2.75) is 25.4 Å². The first-order valence-corrected chi connectivity index (χ1v) is 10.2. The lowest BCUT2D eigenvalue weighted by Gasteiger charge is -2.36. The number of β-amino-alcohol motifs (C(OH)–C–C–N with tert-alkyl or cyclic N) is 1. The van der Waals surface area contributed by atoms with E-state index in [1.54, 1.807) is 19.2 Å². The number of carbonyl (C=O) groups excluding carboxylic acids is 1. The molecular formula is C20H29ClN2O5. The summed E-state index contributed by atoms with van der Waals surface area (Å²) >= 11 is 6.15. The highest BCUT2D eigenvalue weighted by Gasteiger charge is 2.28. The number of carbonyl (C=O) groups is 1. The molecule has 7 nitrogen and oxygen atoms in total. The van der Waals surface area contributed by atoms with Crippen molar-refractivity contribution in [3.8, 4) is 11.5 Å². The molecule has 2 heterocycles. The monoisotopic (exact) mass is 412 g/mol. The molecule has 156 valence electrons. The number of benzene rings is 1. The standard InChI is InChI=1S/C20H29ClN2O5/c1-26-7-2-5-23-6-4-14(17(24)13-23)12-22-20(25)16-10-15(21)11-18-19(16)28-9-3-8-27-18/h10-11,14,17,24H,2-9,12-13H2,1H3,(H,22,25)/t14-,17?/m0/s1. The largest absolute Gasteiger partial charge is 0.489 e. The fourth-order valence-electron chi connectivity index (χ4n) is 3.65. The van der Waals surface area contributed by atoms with E-state index in [0.717, 1.165) is 39.0 Å². The van der Waals surface area contributed by atoms with Crippen molar-refractivity contribution in [2.24, 2.45) is 5.92 Å². The number of ether oxygens (including phenoxy) is 3. The number of aliphatic hydroxyl groups excluding tert-OH is 1. The third-order valence-electron chi connectivity index (χ3n) is 5.21. The lowest BCUT2D eigenvalue weighted by molar-refractivity contribution is 0.0192. The molecule has 8 heteroatoms. The fraction of sp³-hybridized carbons (Fsp3) is 0.650. The van der Waals surface area contributed by atoms with Crippen molar-refractivity contribution in [1.29, 1.82) is 0 Å². The highest BCUT2D eigenvalue weighted by molar-refractivity contribution is 6.31. The van der Waals surface area contributed by atoms with Crippen molar-refractivity contribution in [3.05, 3.63) is 22.7 Å². The van der Waals surface area contributed by atoms with E-state index in [1.807, 2.05) is 0 Å². The van der Waals surface area contributed by atoms with E-state index in [-0.39, 0.29) is 11.8 Å². The second kappa shape index (κ2) is 10.3. The number of hydrogen-bond acceptors (Lipinski definition) is 6. The summed E-state index contributed by atoms with van der Waals surface area (Å²) in [5.74, 6) is 0.698. The number of likely N-dealkylation sites (tertiary alicyclic amines) is 1. The molecule has 1 unspecified atom stereocenters. The number of nitrogens with one attached hydrogen (secondary N) is 1. The van der Waals surface area contributed by atoms with Gasteiger partial charge in [0.15, 0.2) is 11.5 Å². The van der Waals surface area contributed by atoms with Gasteiger partial charge in [-0.2, -0.15) is 0 Å². The molecule has 0 bridgehead atoms. The van der Waals surface area contributed by atoms with Gasteiger partial charge in [0.05, 0.1) is 24.9 Å². The quantitative estimate of drug-likeness (QED) is 0.666. The summed E-state index contributed by atoms with van der Waals surface area (Å²) < 4.78 is 16.4. The second-order valence-electron chi connectivity index (χ2n) is 7.30. The Morgan fingerprint density at radius 2 is 2.21 bits per heavy atom. The summed E-state index contributed by atoms with van der Waals surface area (Å²) in [6.45, 7) is 4.60. The number of amides is 1. The van der Waals surface area contributed by atoms with Crippen LogP contribution in [-0.2, 0) is 4.74 Å². The van der Waals surface area contributed by atoms with Gasteiger partial charge in [-0.25, -0.2) is 0 Å². The fourth-order valence-corrected chi connectivity index (χ4v) is 3.86. The van der Waals surface area contributed by atoms with Gasteiger partial charge in [-0.05, 0) is 25.5 Å². The van der Waals surface area contributed by atoms with Gasteiger partial charge in [-0.15, -0.1) is 0 Å². The number of rotatable bonds is 7. The summed E-state index contributed by atoms with van der Waals surface area (Å²) in [5, 5.41) is 13.8. The van der Waals surface area contributed by atoms with Gasteiger partial charge >= 0.3 is 0 Å². The van der Waals surface area contributed by atoms with Crippen molar-refractivity contribution < 1.29 is 24.1 Å². The predicted octanol–water partition coefficient (Wildman–Crippen LogP) is 1.95. The molecular weight excluding hydrogens is 384 g/mol. The Morgan fingerprint density at radius 1 is 1.39 bits per heavy atom. The Bertz CT molecular complexity index is 672. The van der Waals surface area contributed by atoms with E-state index in [0.29, 0.717) is 48.4 Å². The number of nitrogens with zero attached hydrogens (tertiary/aromatic N) is 1. The smallest absolute Gasteiger partial charge is 0.255 e. The van der Waals surface area contributed by atoms with E-state index >= 15 is 0 Å². The zero-order valence-corrected chi connectivity index (χ0v) is 17.0. The van der Waals surface area contributed by atoms with Gasteiger partial charge in [0.2, 0.25) is 0 Å². The van der Waals surface area contributed by atoms with Crippen LogP contribution in [0.2, 0.25) is 5.02 Å². The van der Waals surface area contributed by atoms with Crippen LogP contribution in [-0.4, -0.2) is 75.1 Å². The Kier molecular flexibility index (Phi) is 7.79. The number of halogens is 1. The Balaban J connectivity index is 1.56. The molecule has 0 aliphatic carbocycles. The molecule has 28 heavy (non-hydrogen) atoms. The Morgan fingerprint density at radius 3 is 3.00 bits per heavy atom. The zero-order chi connectivity index (χ0) is 19.9. The average Bonchev–Trinajstić information content (AvgIpc) is 2.92. The molecule has 0 saturated carbocycles. The molecule has 2 aliphatic heterocycles. The summed E-state index contributed by atoms with van der Waals surface area (Å²) in [7, 11) is 1.69. The van der Waals surface area contributed by atoms with Gasteiger partial charge in [0.1, 0.15) is 0 Å². The zero-order valence-electron chi connectivity index (χ0n) is 16.3. The van der Waals surface area contributed by atoms with Crippen molar-refractivity contribution in [3.63, 3.8) is 0 Å². The molecule has 1 amide bonds. The molecule has 0 spiro atoms. The first-order valence-electron chi connectivity index (χ1n) is 9.85. The van der Waals surface area contributed by atoms with Crippen molar-refractivity contribution >= 4 is 17.5 Å². The predicted molar refractivity (Wildman–Crippen MR) is 106 cm³/mol. The van der Waals surface area contributed by atoms with Crippen LogP contribution < -0.4 is 14.8 Å². The third kappa shape index (κ3) is 5.50. The minimum absolute atomic E-state index is 0.0255. The van der Waals surface area contributed by atoms with Crippen LogP contribution in [0, 0.1) is 5.92 Å². The van der Waals surface area contributed by atoms with Gasteiger partial charge in [-0.1, -0.05) is 11.6 Å². The molecule has 2 aliphatic rings. The first kappa shape index (κ1) is 21.2. The van der Waals surface area contributed by atoms with Crippen LogP contribution >= 0.6 is 11.6 Å². The molecule has 1 fully saturated rings. The van der Waals surface area contributed by atoms with Crippen LogP contribution in [0.1, 0.15) is 29.6 Å². The lowest BCUT2D eigenvalue weighted by Crippen LogP contribution is -2.48. The van der Waals surface area contributed by atoms with Gasteiger partial charge in [-0.3, -0.25) is 4.79 Å². The second-order valence-corrected chi connectivity index (χ2v) is 7.74. The van der Waals surface area contributed by atoms with Gasteiger partial charge in [0, 0.05) is 56.8 Å². The summed E-state index contributed by atoms with van der Waals surface area (Å²) in [6.07, 6.45) is 2.07. The normalized spacial score (nSPS) is 22.5. The maximum atomic E-state index is 12.8. The molecule has 1 aromatic carbocycles. The van der Waals surface area contributed by atoms with Crippen LogP contribution in [0.15, 0.2) is 12.1 Å². The average molecular weight is 413 g/mol. The van der Waals surface area contributed by atoms with E-state index in [2.05, 4.69) is 10.2 Å². The Labute approximate surface area is 170 Å². The molecule has 0 aromatic heterocycles. The third-order valence-corrected chi connectivity index (χ3v) is 5.43. The van der Waals surface area contributed by atoms with Crippen LogP contribution in [0.3, 0.4) is 0 Å². The molecule has 2 N–H and O–H groups in total. The van der Waals surface area contributed by atoms with E-state index in [1.165, 1.54) is 0 Å². The van der Waals surface area contributed by atoms with Crippen LogP contribution in [0.25, 0.3) is 0 Å². The van der Waals surface area contributed by atoms with Crippen molar-refractivity contribution in [1.82, 2.24) is 10.2 Å². The molecule has 2 atom stereocenters. The van der Waals surface area contributed by atoms with E-state index < -0.39 is 6.10 Å². The van der Waals surface area contributed by atoms with E-state index in [4.69, 9.17) is 25.8 Å².